The van der Waals surface area contributed by atoms with Crippen LogP contribution in [0.2, 0.25) is 0 Å². The van der Waals surface area contributed by atoms with E-state index in [2.05, 4.69) is 39.1 Å². The van der Waals surface area contributed by atoms with Gasteiger partial charge in [-0.15, -0.1) is 0 Å². The molecule has 2 heteroatoms. The van der Waals surface area contributed by atoms with Gasteiger partial charge in [-0.05, 0) is 49.0 Å². The lowest BCUT2D eigenvalue weighted by molar-refractivity contribution is 0.108. The first kappa shape index (κ1) is 13.9. The Labute approximate surface area is 122 Å². The van der Waals surface area contributed by atoms with Crippen molar-refractivity contribution in [3.8, 4) is 5.75 Å². The lowest BCUT2D eigenvalue weighted by Crippen LogP contribution is -2.49. The molecular weight excluding hydrogens is 246 g/mol. The number of rotatable bonds is 3. The topological polar surface area (TPSA) is 32.3 Å². The molecule has 1 aromatic rings. The molecule has 2 saturated carbocycles. The molecule has 20 heavy (non-hydrogen) atoms. The number of benzene rings is 1. The molecule has 0 aliphatic heterocycles. The second kappa shape index (κ2) is 4.49. The zero-order valence-corrected chi connectivity index (χ0v) is 13.2. The lowest BCUT2D eigenvalue weighted by Gasteiger charge is -2.43. The highest BCUT2D eigenvalue weighted by molar-refractivity contribution is 5.35. The third-order valence-corrected chi connectivity index (χ3v) is 6.00. The average Bonchev–Trinajstić information content (AvgIpc) is 2.84. The van der Waals surface area contributed by atoms with Gasteiger partial charge in [0.2, 0.25) is 0 Å². The van der Waals surface area contributed by atoms with Gasteiger partial charge in [0.1, 0.15) is 5.75 Å². The van der Waals surface area contributed by atoms with E-state index in [4.69, 9.17) is 0 Å². The molecular formula is C18H27NO. The summed E-state index contributed by atoms with van der Waals surface area (Å²) in [7, 11) is 0. The maximum atomic E-state index is 10.00. The summed E-state index contributed by atoms with van der Waals surface area (Å²) in [6.07, 6.45) is 4.09. The van der Waals surface area contributed by atoms with Crippen LogP contribution < -0.4 is 5.32 Å². The van der Waals surface area contributed by atoms with Gasteiger partial charge in [-0.25, -0.2) is 0 Å². The van der Waals surface area contributed by atoms with Crippen LogP contribution in [0.15, 0.2) is 18.2 Å². The summed E-state index contributed by atoms with van der Waals surface area (Å²) in [6, 6.07) is 6.40. The predicted octanol–water partition coefficient (Wildman–Crippen LogP) is 4.01. The first-order chi connectivity index (χ1) is 9.33. The summed E-state index contributed by atoms with van der Waals surface area (Å²) in [5.41, 5.74) is 3.03. The van der Waals surface area contributed by atoms with Crippen molar-refractivity contribution >= 4 is 0 Å². The van der Waals surface area contributed by atoms with Crippen LogP contribution in [0.25, 0.3) is 0 Å². The maximum absolute atomic E-state index is 10.00. The number of hydrogen-bond donors (Lipinski definition) is 2. The Balaban J connectivity index is 1.77. The highest BCUT2D eigenvalue weighted by Gasteiger charge is 2.58. The lowest BCUT2D eigenvalue weighted by atomic mass is 9.68. The molecule has 2 nitrogen and oxygen atoms in total. The van der Waals surface area contributed by atoms with Crippen LogP contribution in [-0.4, -0.2) is 11.1 Å². The van der Waals surface area contributed by atoms with Gasteiger partial charge >= 0.3 is 0 Å². The molecule has 1 aromatic carbocycles. The smallest absolute Gasteiger partial charge is 0.120 e. The van der Waals surface area contributed by atoms with Crippen molar-refractivity contribution in [2.45, 2.75) is 59.5 Å². The maximum Gasteiger partial charge on any atom is 0.120 e. The second-order valence-electron chi connectivity index (χ2n) is 7.86. The highest BCUT2D eigenvalue weighted by Crippen LogP contribution is 2.62. The molecule has 3 unspecified atom stereocenters. The third-order valence-electron chi connectivity index (χ3n) is 6.00. The fourth-order valence-electron chi connectivity index (χ4n) is 4.88. The molecule has 2 aliphatic rings. The van der Waals surface area contributed by atoms with Crippen LogP contribution in [-0.2, 0) is 6.54 Å². The molecule has 0 amide bonds. The fraction of sp³-hybridized carbons (Fsp3) is 0.667. The van der Waals surface area contributed by atoms with Gasteiger partial charge in [0.25, 0.3) is 0 Å². The summed E-state index contributed by atoms with van der Waals surface area (Å²) in [5, 5.41) is 13.8. The number of phenols is 1. The van der Waals surface area contributed by atoms with Gasteiger partial charge in [0.05, 0.1) is 0 Å². The SMILES string of the molecule is Cc1ccc(O)c(CNC2C3(C)CCC(C3)C2(C)C)c1. The van der Waals surface area contributed by atoms with Crippen LogP contribution in [0, 0.1) is 23.7 Å². The van der Waals surface area contributed by atoms with E-state index < -0.39 is 0 Å². The molecule has 2 aliphatic carbocycles. The van der Waals surface area contributed by atoms with Gasteiger partial charge in [-0.3, -0.25) is 0 Å². The number of nitrogens with one attached hydrogen (secondary N) is 1. The summed E-state index contributed by atoms with van der Waals surface area (Å²) < 4.78 is 0. The number of fused-ring (bicyclic) bond motifs is 2. The Morgan fingerprint density at radius 1 is 1.30 bits per heavy atom. The van der Waals surface area contributed by atoms with Gasteiger partial charge in [0.15, 0.2) is 0 Å². The van der Waals surface area contributed by atoms with Gasteiger partial charge in [0, 0.05) is 18.2 Å². The Hall–Kier alpha value is -1.02. The molecule has 0 heterocycles. The number of aryl methyl sites for hydroxylation is 1. The first-order valence-corrected chi connectivity index (χ1v) is 7.85. The minimum atomic E-state index is 0.368. The van der Waals surface area contributed by atoms with E-state index in [9.17, 15) is 5.11 Å². The number of aromatic hydroxyl groups is 1. The Kier molecular flexibility index (Phi) is 3.13. The molecule has 2 bridgehead atoms. The molecule has 3 rings (SSSR count). The van der Waals surface area contributed by atoms with E-state index in [1.807, 2.05) is 6.07 Å². The van der Waals surface area contributed by atoms with Crippen LogP contribution in [0.5, 0.6) is 5.75 Å². The van der Waals surface area contributed by atoms with Crippen molar-refractivity contribution in [2.75, 3.05) is 0 Å². The van der Waals surface area contributed by atoms with Crippen molar-refractivity contribution in [1.82, 2.24) is 5.32 Å². The van der Waals surface area contributed by atoms with Crippen LogP contribution in [0.1, 0.15) is 51.2 Å². The summed E-state index contributed by atoms with van der Waals surface area (Å²) >= 11 is 0. The molecule has 110 valence electrons. The Morgan fingerprint density at radius 2 is 2.05 bits per heavy atom. The van der Waals surface area contributed by atoms with Gasteiger partial charge in [-0.2, -0.15) is 0 Å². The van der Waals surface area contributed by atoms with E-state index in [1.54, 1.807) is 6.07 Å². The molecule has 0 saturated heterocycles. The summed E-state index contributed by atoms with van der Waals surface area (Å²) in [4.78, 5) is 0. The minimum absolute atomic E-state index is 0.368. The van der Waals surface area contributed by atoms with Crippen LogP contribution in [0.4, 0.5) is 0 Å². The van der Waals surface area contributed by atoms with Crippen molar-refractivity contribution in [2.24, 2.45) is 16.7 Å². The van der Waals surface area contributed by atoms with Crippen molar-refractivity contribution in [1.29, 1.82) is 0 Å². The number of phenolic OH excluding ortho intramolecular Hbond substituents is 1. The Bertz CT molecular complexity index is 517. The van der Waals surface area contributed by atoms with Crippen LogP contribution >= 0.6 is 0 Å². The van der Waals surface area contributed by atoms with E-state index in [-0.39, 0.29) is 0 Å². The zero-order chi connectivity index (χ0) is 14.5. The largest absolute Gasteiger partial charge is 0.508 e. The predicted molar refractivity (Wildman–Crippen MR) is 82.7 cm³/mol. The van der Waals surface area contributed by atoms with Crippen LogP contribution in [0.3, 0.4) is 0 Å². The second-order valence-corrected chi connectivity index (χ2v) is 7.86. The first-order valence-electron chi connectivity index (χ1n) is 7.85. The molecule has 0 radical (unpaired) electrons. The quantitative estimate of drug-likeness (QED) is 0.872. The van der Waals surface area contributed by atoms with E-state index in [0.29, 0.717) is 22.6 Å². The average molecular weight is 273 g/mol. The molecule has 2 fully saturated rings. The fourth-order valence-corrected chi connectivity index (χ4v) is 4.88. The van der Waals surface area contributed by atoms with Gasteiger partial charge < -0.3 is 10.4 Å². The molecule has 0 spiro atoms. The highest BCUT2D eigenvalue weighted by atomic mass is 16.3. The minimum Gasteiger partial charge on any atom is -0.508 e. The third kappa shape index (κ3) is 2.05. The number of hydrogen-bond acceptors (Lipinski definition) is 2. The normalized spacial score (nSPS) is 34.6. The van der Waals surface area contributed by atoms with E-state index in [0.717, 1.165) is 18.0 Å². The van der Waals surface area contributed by atoms with Crippen molar-refractivity contribution in [3.63, 3.8) is 0 Å². The Morgan fingerprint density at radius 3 is 2.70 bits per heavy atom. The van der Waals surface area contributed by atoms with E-state index in [1.165, 1.54) is 24.8 Å². The molecule has 3 atom stereocenters. The van der Waals surface area contributed by atoms with Crippen molar-refractivity contribution < 1.29 is 5.11 Å². The monoisotopic (exact) mass is 273 g/mol. The zero-order valence-electron chi connectivity index (χ0n) is 13.2. The summed E-state index contributed by atoms with van der Waals surface area (Å²) in [5.74, 6) is 1.27. The van der Waals surface area contributed by atoms with Crippen molar-refractivity contribution in [3.05, 3.63) is 29.3 Å². The molecule has 2 N–H and O–H groups in total. The van der Waals surface area contributed by atoms with Gasteiger partial charge in [-0.1, -0.05) is 38.5 Å². The standard InChI is InChI=1S/C18H27NO/c1-12-5-6-15(20)13(9-12)11-19-16-17(2,3)14-7-8-18(16,4)10-14/h5-6,9,14,16,19-20H,7-8,10-11H2,1-4H3. The molecule has 0 aromatic heterocycles. The van der Waals surface area contributed by atoms with E-state index >= 15 is 0 Å². The summed E-state index contributed by atoms with van der Waals surface area (Å²) in [6.45, 7) is 10.1.